The zero-order valence-electron chi connectivity index (χ0n) is 16.8. The van der Waals surface area contributed by atoms with Gasteiger partial charge < -0.3 is 0 Å². The van der Waals surface area contributed by atoms with E-state index in [9.17, 15) is 9.59 Å². The summed E-state index contributed by atoms with van der Waals surface area (Å²) in [5.74, 6) is 0.360. The summed E-state index contributed by atoms with van der Waals surface area (Å²) in [6.07, 6.45) is 1.95. The Morgan fingerprint density at radius 2 is 1.29 bits per heavy atom. The number of carbonyl (C=O) groups excluding carboxylic acids is 2. The van der Waals surface area contributed by atoms with E-state index in [1.54, 1.807) is 11.8 Å². The van der Waals surface area contributed by atoms with E-state index in [0.717, 1.165) is 34.9 Å². The van der Waals surface area contributed by atoms with Gasteiger partial charge in [-0.2, -0.15) is 0 Å². The Bertz CT molecular complexity index is 1300. The highest BCUT2D eigenvalue weighted by molar-refractivity contribution is 7.98. The molecule has 4 heteroatoms. The molecule has 0 saturated carbocycles. The van der Waals surface area contributed by atoms with Crippen molar-refractivity contribution in [1.29, 1.82) is 0 Å². The number of rotatable bonds is 4. The second kappa shape index (κ2) is 7.10. The average molecular weight is 422 g/mol. The summed E-state index contributed by atoms with van der Waals surface area (Å²) >= 11 is 1.76. The predicted octanol–water partition coefficient (Wildman–Crippen LogP) is 6.03. The number of thioether (sulfide) groups is 1. The molecular weight excluding hydrogens is 402 g/mol. The smallest absolute Gasteiger partial charge is 0.265 e. The molecule has 0 atom stereocenters. The highest BCUT2D eigenvalue weighted by atomic mass is 32.2. The van der Waals surface area contributed by atoms with Crippen LogP contribution >= 0.6 is 11.8 Å². The van der Waals surface area contributed by atoms with Gasteiger partial charge in [0.15, 0.2) is 0 Å². The fourth-order valence-electron chi connectivity index (χ4n) is 4.68. The summed E-state index contributed by atoms with van der Waals surface area (Å²) < 4.78 is 0. The predicted molar refractivity (Wildman–Crippen MR) is 125 cm³/mol. The van der Waals surface area contributed by atoms with Crippen LogP contribution in [0.1, 0.15) is 37.4 Å². The highest BCUT2D eigenvalue weighted by Gasteiger charge is 2.35. The number of carbonyl (C=O) groups is 2. The molecule has 0 N–H and O–H groups in total. The summed E-state index contributed by atoms with van der Waals surface area (Å²) in [7, 11) is 0. The van der Waals surface area contributed by atoms with E-state index < -0.39 is 0 Å². The van der Waals surface area contributed by atoms with Crippen LogP contribution in [-0.4, -0.2) is 11.8 Å². The van der Waals surface area contributed by atoms with Gasteiger partial charge in [-0.15, -0.1) is 11.8 Å². The van der Waals surface area contributed by atoms with Gasteiger partial charge in [-0.05, 0) is 71.3 Å². The van der Waals surface area contributed by atoms with Crippen molar-refractivity contribution >= 4 is 40.0 Å². The van der Waals surface area contributed by atoms with E-state index in [4.69, 9.17) is 0 Å². The summed E-state index contributed by atoms with van der Waals surface area (Å²) in [5.41, 5.74) is 5.50. The first-order valence-corrected chi connectivity index (χ1v) is 11.4. The first-order chi connectivity index (χ1) is 15.2. The van der Waals surface area contributed by atoms with Gasteiger partial charge >= 0.3 is 0 Å². The van der Waals surface area contributed by atoms with Gasteiger partial charge in [-0.3, -0.25) is 9.59 Å². The number of hydrogen-bond acceptors (Lipinski definition) is 3. The van der Waals surface area contributed by atoms with E-state index in [-0.39, 0.29) is 11.8 Å². The van der Waals surface area contributed by atoms with Crippen LogP contribution in [0.3, 0.4) is 0 Å². The van der Waals surface area contributed by atoms with Crippen molar-refractivity contribution in [2.75, 3.05) is 4.90 Å². The maximum Gasteiger partial charge on any atom is 0.265 e. The summed E-state index contributed by atoms with van der Waals surface area (Å²) in [6.45, 7) is 0. The molecule has 31 heavy (non-hydrogen) atoms. The number of imide groups is 1. The average Bonchev–Trinajstić information content (AvgIpc) is 3.24. The lowest BCUT2D eigenvalue weighted by Crippen LogP contribution is -2.40. The Morgan fingerprint density at radius 3 is 1.90 bits per heavy atom. The van der Waals surface area contributed by atoms with Crippen LogP contribution in [0, 0.1) is 0 Å². The third-order valence-electron chi connectivity index (χ3n) is 6.21. The van der Waals surface area contributed by atoms with Crippen molar-refractivity contribution in [3.05, 3.63) is 107 Å². The fourth-order valence-corrected chi connectivity index (χ4v) is 5.55. The maximum absolute atomic E-state index is 13.4. The lowest BCUT2D eigenvalue weighted by Gasteiger charge is -2.27. The molecule has 4 aromatic carbocycles. The largest absolute Gasteiger partial charge is 0.268 e. The van der Waals surface area contributed by atoms with Crippen molar-refractivity contribution in [2.45, 2.75) is 23.5 Å². The Labute approximate surface area is 184 Å². The molecule has 3 nitrogen and oxygen atoms in total. The maximum atomic E-state index is 13.4. The Hall–Kier alpha value is -3.37. The molecule has 6 rings (SSSR count). The minimum absolute atomic E-state index is 0.237. The summed E-state index contributed by atoms with van der Waals surface area (Å²) in [6, 6.07) is 25.9. The third kappa shape index (κ3) is 2.90. The molecule has 1 aliphatic carbocycles. The zero-order chi connectivity index (χ0) is 20.9. The van der Waals surface area contributed by atoms with E-state index >= 15 is 0 Å². The first kappa shape index (κ1) is 18.4. The third-order valence-corrected chi connectivity index (χ3v) is 7.29. The number of amides is 2. The van der Waals surface area contributed by atoms with Crippen LogP contribution in [0.15, 0.2) is 83.8 Å². The Kier molecular flexibility index (Phi) is 4.22. The van der Waals surface area contributed by atoms with Crippen molar-refractivity contribution in [2.24, 2.45) is 0 Å². The SMILES string of the molecule is O=C1c2ccc3c4c(ccc(c24)C(=O)N1c1ccc(CSc2ccccc2)cc1)CC3. The number of hydrogen-bond donors (Lipinski definition) is 0. The monoisotopic (exact) mass is 421 g/mol. The topological polar surface area (TPSA) is 37.4 Å². The lowest BCUT2D eigenvalue weighted by molar-refractivity contribution is 0.0893. The van der Waals surface area contributed by atoms with Crippen LogP contribution in [0.5, 0.6) is 0 Å². The van der Waals surface area contributed by atoms with Crippen LogP contribution in [-0.2, 0) is 18.6 Å². The van der Waals surface area contributed by atoms with Crippen LogP contribution in [0.4, 0.5) is 5.69 Å². The van der Waals surface area contributed by atoms with Gasteiger partial charge in [0, 0.05) is 27.2 Å². The molecule has 0 aromatic heterocycles. The number of nitrogens with zero attached hydrogens (tertiary/aromatic N) is 1. The second-order valence-corrected chi connectivity index (χ2v) is 9.06. The molecule has 0 saturated heterocycles. The fraction of sp³-hybridized carbons (Fsp3) is 0.111. The summed E-state index contributed by atoms with van der Waals surface area (Å²) in [4.78, 5) is 29.2. The first-order valence-electron chi connectivity index (χ1n) is 10.4. The van der Waals surface area contributed by atoms with Gasteiger partial charge in [-0.1, -0.05) is 42.5 Å². The van der Waals surface area contributed by atoms with E-state index in [2.05, 4.69) is 12.1 Å². The second-order valence-electron chi connectivity index (χ2n) is 8.01. The van der Waals surface area contributed by atoms with Gasteiger partial charge in [0.1, 0.15) is 0 Å². The van der Waals surface area contributed by atoms with Crippen LogP contribution in [0.25, 0.3) is 10.8 Å². The molecule has 1 heterocycles. The van der Waals surface area contributed by atoms with Gasteiger partial charge in [0.2, 0.25) is 0 Å². The van der Waals surface area contributed by atoms with E-state index in [0.29, 0.717) is 16.8 Å². The number of anilines is 1. The minimum atomic E-state index is -0.237. The quantitative estimate of drug-likeness (QED) is 0.298. The number of aryl methyl sites for hydroxylation is 2. The normalized spacial score (nSPS) is 14.5. The molecule has 2 amide bonds. The molecule has 1 aliphatic heterocycles. The molecule has 0 spiro atoms. The minimum Gasteiger partial charge on any atom is -0.268 e. The molecule has 0 bridgehead atoms. The van der Waals surface area contributed by atoms with Crippen LogP contribution in [0.2, 0.25) is 0 Å². The standard InChI is InChI=1S/C27H19NO2S/c29-26-22-14-10-18-8-9-19-11-15-23(25(22)24(18)19)27(30)28(26)20-12-6-17(7-13-20)16-31-21-4-2-1-3-5-21/h1-7,10-15H,8-9,16H2. The number of benzene rings is 4. The molecule has 2 aliphatic rings. The van der Waals surface area contributed by atoms with E-state index in [1.807, 2.05) is 66.7 Å². The highest BCUT2D eigenvalue weighted by Crippen LogP contribution is 2.39. The van der Waals surface area contributed by atoms with E-state index in [1.165, 1.54) is 20.9 Å². The molecule has 0 unspecified atom stereocenters. The molecule has 0 fully saturated rings. The molecular formula is C27H19NO2S. The Morgan fingerprint density at radius 1 is 0.677 bits per heavy atom. The molecule has 4 aromatic rings. The van der Waals surface area contributed by atoms with Crippen molar-refractivity contribution in [3.8, 4) is 0 Å². The Balaban J connectivity index is 1.33. The zero-order valence-corrected chi connectivity index (χ0v) is 17.6. The van der Waals surface area contributed by atoms with Crippen LogP contribution < -0.4 is 4.90 Å². The summed E-state index contributed by atoms with van der Waals surface area (Å²) in [5, 5.41) is 1.96. The molecule has 150 valence electrons. The molecule has 0 radical (unpaired) electrons. The van der Waals surface area contributed by atoms with Gasteiger partial charge in [0.25, 0.3) is 11.8 Å². The van der Waals surface area contributed by atoms with Crippen molar-refractivity contribution in [1.82, 2.24) is 0 Å². The van der Waals surface area contributed by atoms with Gasteiger partial charge in [-0.25, -0.2) is 4.90 Å². The van der Waals surface area contributed by atoms with Crippen molar-refractivity contribution < 1.29 is 9.59 Å². The van der Waals surface area contributed by atoms with Crippen molar-refractivity contribution in [3.63, 3.8) is 0 Å². The van der Waals surface area contributed by atoms with Gasteiger partial charge in [0.05, 0.1) is 5.69 Å². The lowest BCUT2D eigenvalue weighted by atomic mass is 9.91.